The first-order valence-electron chi connectivity index (χ1n) is 7.88. The Bertz CT molecular complexity index is 374. The minimum atomic E-state index is -1.17. The summed E-state index contributed by atoms with van der Waals surface area (Å²) in [5.74, 6) is -0.421. The maximum absolute atomic E-state index is 12.3. The molecule has 1 saturated heterocycles. The van der Waals surface area contributed by atoms with Crippen LogP contribution in [0.3, 0.4) is 0 Å². The van der Waals surface area contributed by atoms with Crippen LogP contribution in [0.25, 0.3) is 0 Å². The minimum Gasteiger partial charge on any atom is -0.480 e. The Morgan fingerprint density at radius 2 is 1.86 bits per heavy atom. The summed E-state index contributed by atoms with van der Waals surface area (Å²) in [5.41, 5.74) is -1.17. The first-order valence-corrected chi connectivity index (χ1v) is 7.88. The standard InChI is InChI=1S/C15H26N2O4/c1-17(11-12-5-3-2-4-6-12)14(20)16-15(13(18)19)7-9-21-10-8-15/h12H,2-11H2,1H3,(H,16,20)(H,18,19). The van der Waals surface area contributed by atoms with E-state index in [1.165, 1.54) is 19.3 Å². The van der Waals surface area contributed by atoms with E-state index in [0.29, 0.717) is 38.5 Å². The lowest BCUT2D eigenvalue weighted by Crippen LogP contribution is -2.60. The van der Waals surface area contributed by atoms with Crippen LogP contribution in [0.2, 0.25) is 0 Å². The largest absolute Gasteiger partial charge is 0.480 e. The lowest BCUT2D eigenvalue weighted by Gasteiger charge is -2.36. The molecule has 120 valence electrons. The number of carbonyl (C=O) groups excluding carboxylic acids is 1. The van der Waals surface area contributed by atoms with Crippen LogP contribution in [-0.2, 0) is 9.53 Å². The first-order chi connectivity index (χ1) is 10.0. The van der Waals surface area contributed by atoms with Gasteiger partial charge >= 0.3 is 12.0 Å². The quantitative estimate of drug-likeness (QED) is 0.830. The van der Waals surface area contributed by atoms with Gasteiger partial charge in [-0.1, -0.05) is 19.3 Å². The first kappa shape index (κ1) is 16.1. The number of carboxylic acid groups (broad SMARTS) is 1. The highest BCUT2D eigenvalue weighted by Crippen LogP contribution is 2.25. The summed E-state index contributed by atoms with van der Waals surface area (Å²) in [6.07, 6.45) is 6.73. The molecule has 0 radical (unpaired) electrons. The zero-order chi connectivity index (χ0) is 15.3. The number of aliphatic carboxylic acids is 1. The van der Waals surface area contributed by atoms with Gasteiger partial charge in [-0.25, -0.2) is 9.59 Å². The summed E-state index contributed by atoms with van der Waals surface area (Å²) >= 11 is 0. The molecule has 2 aliphatic rings. The van der Waals surface area contributed by atoms with Crippen LogP contribution in [0.5, 0.6) is 0 Å². The number of amides is 2. The number of hydrogen-bond donors (Lipinski definition) is 2. The smallest absolute Gasteiger partial charge is 0.329 e. The summed E-state index contributed by atoms with van der Waals surface area (Å²) in [4.78, 5) is 25.5. The topological polar surface area (TPSA) is 78.9 Å². The Balaban J connectivity index is 1.90. The van der Waals surface area contributed by atoms with Crippen LogP contribution >= 0.6 is 0 Å². The molecule has 2 rings (SSSR count). The molecule has 6 nitrogen and oxygen atoms in total. The molecule has 0 unspecified atom stereocenters. The number of hydrogen-bond acceptors (Lipinski definition) is 3. The predicted octanol–water partition coefficient (Wildman–Crippen LogP) is 1.84. The van der Waals surface area contributed by atoms with E-state index >= 15 is 0 Å². The SMILES string of the molecule is CN(CC1CCCCC1)C(=O)NC1(C(=O)O)CCOCC1. The molecule has 1 aliphatic heterocycles. The maximum atomic E-state index is 12.3. The number of carbonyl (C=O) groups is 2. The highest BCUT2D eigenvalue weighted by Gasteiger charge is 2.42. The van der Waals surface area contributed by atoms with E-state index in [2.05, 4.69) is 5.32 Å². The fraction of sp³-hybridized carbons (Fsp3) is 0.867. The van der Waals surface area contributed by atoms with Gasteiger partial charge in [-0.2, -0.15) is 0 Å². The van der Waals surface area contributed by atoms with Gasteiger partial charge in [0.2, 0.25) is 0 Å². The fourth-order valence-corrected chi connectivity index (χ4v) is 3.25. The summed E-state index contributed by atoms with van der Waals surface area (Å²) in [7, 11) is 1.75. The average Bonchev–Trinajstić information content (AvgIpc) is 2.49. The van der Waals surface area contributed by atoms with Crippen LogP contribution in [0, 0.1) is 5.92 Å². The van der Waals surface area contributed by atoms with Crippen molar-refractivity contribution in [3.8, 4) is 0 Å². The molecular formula is C15H26N2O4. The molecule has 21 heavy (non-hydrogen) atoms. The average molecular weight is 298 g/mol. The Morgan fingerprint density at radius 1 is 1.24 bits per heavy atom. The Labute approximate surface area is 125 Å². The summed E-state index contributed by atoms with van der Waals surface area (Å²) in [6.45, 7) is 1.45. The zero-order valence-corrected chi connectivity index (χ0v) is 12.8. The van der Waals surface area contributed by atoms with E-state index in [9.17, 15) is 14.7 Å². The van der Waals surface area contributed by atoms with Gasteiger partial charge < -0.3 is 20.1 Å². The van der Waals surface area contributed by atoms with Crippen molar-refractivity contribution in [3.05, 3.63) is 0 Å². The molecule has 1 saturated carbocycles. The fourth-order valence-electron chi connectivity index (χ4n) is 3.25. The van der Waals surface area contributed by atoms with Crippen molar-refractivity contribution in [3.63, 3.8) is 0 Å². The van der Waals surface area contributed by atoms with E-state index in [-0.39, 0.29) is 6.03 Å². The number of rotatable bonds is 4. The molecular weight excluding hydrogens is 272 g/mol. The second-order valence-corrected chi connectivity index (χ2v) is 6.31. The number of nitrogens with zero attached hydrogens (tertiary/aromatic N) is 1. The van der Waals surface area contributed by atoms with Crippen molar-refractivity contribution in [1.29, 1.82) is 0 Å². The second-order valence-electron chi connectivity index (χ2n) is 6.31. The summed E-state index contributed by atoms with van der Waals surface area (Å²) < 4.78 is 5.21. The van der Waals surface area contributed by atoms with Gasteiger partial charge in [0.1, 0.15) is 5.54 Å². The highest BCUT2D eigenvalue weighted by molar-refractivity contribution is 5.86. The third-order valence-corrected chi connectivity index (χ3v) is 4.71. The maximum Gasteiger partial charge on any atom is 0.329 e. The van der Waals surface area contributed by atoms with Crippen molar-refractivity contribution >= 4 is 12.0 Å². The molecule has 0 bridgehead atoms. The van der Waals surface area contributed by atoms with Gasteiger partial charge in [-0.15, -0.1) is 0 Å². The molecule has 0 spiro atoms. The van der Waals surface area contributed by atoms with Crippen molar-refractivity contribution in [1.82, 2.24) is 10.2 Å². The van der Waals surface area contributed by atoms with Gasteiger partial charge in [0.15, 0.2) is 0 Å². The number of urea groups is 1. The normalized spacial score (nSPS) is 22.5. The van der Waals surface area contributed by atoms with Gasteiger partial charge in [0.25, 0.3) is 0 Å². The second kappa shape index (κ2) is 7.11. The van der Waals surface area contributed by atoms with E-state index in [1.807, 2.05) is 0 Å². The highest BCUT2D eigenvalue weighted by atomic mass is 16.5. The number of nitrogens with one attached hydrogen (secondary N) is 1. The van der Waals surface area contributed by atoms with Crippen LogP contribution in [0.1, 0.15) is 44.9 Å². The van der Waals surface area contributed by atoms with Gasteiger partial charge in [-0.3, -0.25) is 0 Å². The van der Waals surface area contributed by atoms with Gasteiger partial charge in [0, 0.05) is 39.6 Å². The monoisotopic (exact) mass is 298 g/mol. The minimum absolute atomic E-state index is 0.287. The lowest BCUT2D eigenvalue weighted by molar-refractivity contribution is -0.148. The van der Waals surface area contributed by atoms with Crippen LogP contribution in [-0.4, -0.2) is 54.4 Å². The lowest BCUT2D eigenvalue weighted by atomic mass is 9.89. The predicted molar refractivity (Wildman–Crippen MR) is 78.2 cm³/mol. The number of carboxylic acids is 1. The molecule has 0 atom stereocenters. The van der Waals surface area contributed by atoms with E-state index in [1.54, 1.807) is 11.9 Å². The molecule has 6 heteroatoms. The van der Waals surface area contributed by atoms with E-state index < -0.39 is 11.5 Å². The molecule has 0 aromatic carbocycles. The molecule has 2 N–H and O–H groups in total. The molecule has 2 amide bonds. The van der Waals surface area contributed by atoms with E-state index in [4.69, 9.17) is 4.74 Å². The van der Waals surface area contributed by atoms with Crippen LogP contribution in [0.15, 0.2) is 0 Å². The molecule has 2 fully saturated rings. The zero-order valence-electron chi connectivity index (χ0n) is 12.8. The number of ether oxygens (including phenoxy) is 1. The van der Waals surface area contributed by atoms with Crippen molar-refractivity contribution in [2.75, 3.05) is 26.8 Å². The van der Waals surface area contributed by atoms with Gasteiger partial charge in [-0.05, 0) is 18.8 Å². The van der Waals surface area contributed by atoms with Gasteiger partial charge in [0.05, 0.1) is 0 Å². The van der Waals surface area contributed by atoms with Crippen LogP contribution in [0.4, 0.5) is 4.79 Å². The van der Waals surface area contributed by atoms with E-state index in [0.717, 1.165) is 12.8 Å². The Morgan fingerprint density at radius 3 is 2.43 bits per heavy atom. The molecule has 1 heterocycles. The molecule has 1 aliphatic carbocycles. The summed E-state index contributed by atoms with van der Waals surface area (Å²) in [5, 5.41) is 12.2. The van der Waals surface area contributed by atoms with Crippen molar-refractivity contribution < 1.29 is 19.4 Å². The third-order valence-electron chi connectivity index (χ3n) is 4.71. The van der Waals surface area contributed by atoms with Crippen molar-refractivity contribution in [2.45, 2.75) is 50.5 Å². The third kappa shape index (κ3) is 4.09. The Hall–Kier alpha value is -1.30. The summed E-state index contributed by atoms with van der Waals surface area (Å²) in [6, 6.07) is -0.287. The van der Waals surface area contributed by atoms with Crippen LogP contribution < -0.4 is 5.32 Å². The Kier molecular flexibility index (Phi) is 5.45. The molecule has 0 aromatic rings. The molecule has 0 aromatic heterocycles. The van der Waals surface area contributed by atoms with Crippen molar-refractivity contribution in [2.24, 2.45) is 5.92 Å².